The maximum atomic E-state index is 14.0. The Bertz CT molecular complexity index is 1580. The molecule has 3 aromatic carbocycles. The van der Waals surface area contributed by atoms with Crippen LogP contribution in [0.4, 0.5) is 18.9 Å². The summed E-state index contributed by atoms with van der Waals surface area (Å²) in [5.74, 6) is -6.27. The van der Waals surface area contributed by atoms with Crippen LogP contribution in [0.2, 0.25) is 5.02 Å². The van der Waals surface area contributed by atoms with Gasteiger partial charge >= 0.3 is 0 Å². The smallest absolute Gasteiger partial charge is 0.255 e. The third-order valence-electron chi connectivity index (χ3n) is 7.79. The largest absolute Gasteiger partial charge is 0.391 e. The summed E-state index contributed by atoms with van der Waals surface area (Å²) in [6.07, 6.45) is 2.81. The molecule has 12 heteroatoms. The minimum absolute atomic E-state index is 0.102. The molecule has 1 fully saturated rings. The number of rotatable bonds is 11. The third kappa shape index (κ3) is 7.57. The van der Waals surface area contributed by atoms with Gasteiger partial charge in [0.05, 0.1) is 21.4 Å². The minimum atomic E-state index is -4.13. The molecule has 0 radical (unpaired) electrons. The highest BCUT2D eigenvalue weighted by Crippen LogP contribution is 2.44. The monoisotopic (exact) mass is 636 g/mol. The number of hydrogen-bond donors (Lipinski definition) is 2. The van der Waals surface area contributed by atoms with E-state index in [-0.39, 0.29) is 46.5 Å². The van der Waals surface area contributed by atoms with Crippen molar-refractivity contribution in [1.29, 1.82) is 0 Å². The lowest BCUT2D eigenvalue weighted by Gasteiger charge is -2.30. The number of aliphatic hydroxyl groups is 1. The standard InChI is InChI=1S/C31H32ClF3N2O5S/c1-3-31(39,18-36-42-17-20-7-5-4-6-8-20)16-22-10-9-19(2)29(22)43(40,41)27-13-21(11-12-24(27)32)30(38)37-23-14-25(33)28(35)26(34)15-23/h4-8,11-15,18-19,22,29,39H,3,9-10,16-17H2,1-2H3,(H,37,38)/b36-18+/t19?,22-,29?,31-/m0/s1. The highest BCUT2D eigenvalue weighted by Gasteiger charge is 2.46. The molecule has 4 rings (SSSR count). The molecule has 4 atom stereocenters. The molecule has 0 saturated heterocycles. The van der Waals surface area contributed by atoms with Gasteiger partial charge in [-0.05, 0) is 61.3 Å². The summed E-state index contributed by atoms with van der Waals surface area (Å²) in [6.45, 7) is 3.79. The van der Waals surface area contributed by atoms with Crippen molar-refractivity contribution in [3.63, 3.8) is 0 Å². The van der Waals surface area contributed by atoms with Gasteiger partial charge in [0.15, 0.2) is 27.3 Å². The van der Waals surface area contributed by atoms with Crippen LogP contribution >= 0.6 is 11.6 Å². The molecule has 0 aliphatic heterocycles. The molecule has 1 aliphatic rings. The lowest BCUT2D eigenvalue weighted by Crippen LogP contribution is -2.38. The van der Waals surface area contributed by atoms with Crippen LogP contribution < -0.4 is 5.32 Å². The predicted molar refractivity (Wildman–Crippen MR) is 158 cm³/mol. The lowest BCUT2D eigenvalue weighted by molar-refractivity contribution is 0.0728. The van der Waals surface area contributed by atoms with Gasteiger partial charge in [-0.25, -0.2) is 21.6 Å². The first-order valence-corrected chi connectivity index (χ1v) is 15.7. The van der Waals surface area contributed by atoms with Crippen LogP contribution in [0.25, 0.3) is 0 Å². The van der Waals surface area contributed by atoms with Crippen LogP contribution in [-0.4, -0.2) is 36.5 Å². The van der Waals surface area contributed by atoms with E-state index >= 15 is 0 Å². The number of carbonyl (C=O) groups is 1. The molecule has 2 unspecified atom stereocenters. The van der Waals surface area contributed by atoms with Gasteiger partial charge in [0.2, 0.25) is 0 Å². The Labute approximate surface area is 253 Å². The van der Waals surface area contributed by atoms with Crippen molar-refractivity contribution in [3.05, 3.63) is 94.3 Å². The van der Waals surface area contributed by atoms with Gasteiger partial charge in [-0.15, -0.1) is 0 Å². The van der Waals surface area contributed by atoms with Gasteiger partial charge in [-0.3, -0.25) is 4.79 Å². The highest BCUT2D eigenvalue weighted by molar-refractivity contribution is 7.92. The minimum Gasteiger partial charge on any atom is -0.391 e. The van der Waals surface area contributed by atoms with Gasteiger partial charge in [-0.2, -0.15) is 0 Å². The van der Waals surface area contributed by atoms with Crippen molar-refractivity contribution < 1.29 is 36.3 Å². The fourth-order valence-corrected chi connectivity index (χ4v) is 8.30. The lowest BCUT2D eigenvalue weighted by atomic mass is 9.87. The van der Waals surface area contributed by atoms with Gasteiger partial charge in [0.1, 0.15) is 12.2 Å². The molecule has 0 heterocycles. The maximum absolute atomic E-state index is 14.0. The first-order valence-electron chi connectivity index (χ1n) is 13.8. The van der Waals surface area contributed by atoms with Crippen LogP contribution in [-0.2, 0) is 21.3 Å². The molecule has 1 aliphatic carbocycles. The SMILES string of the molecule is CC[C@@](O)(/C=N/OCc1ccccc1)C[C@@H]1CCC(C)C1S(=O)(=O)c1cc(C(=O)Nc2cc(F)c(F)c(F)c2)ccc1Cl. The quantitative estimate of drug-likeness (QED) is 0.135. The average Bonchev–Trinajstić information content (AvgIpc) is 3.34. The molecule has 0 spiro atoms. The van der Waals surface area contributed by atoms with E-state index in [1.54, 1.807) is 6.92 Å². The number of sulfone groups is 1. The number of benzene rings is 3. The van der Waals surface area contributed by atoms with E-state index in [0.29, 0.717) is 25.0 Å². The molecular weight excluding hydrogens is 605 g/mol. The first-order chi connectivity index (χ1) is 20.3. The second-order valence-electron chi connectivity index (χ2n) is 10.8. The number of amides is 1. The van der Waals surface area contributed by atoms with Crippen LogP contribution in [0.3, 0.4) is 0 Å². The molecule has 3 aromatic rings. The Balaban J connectivity index is 1.54. The zero-order valence-corrected chi connectivity index (χ0v) is 25.1. The van der Waals surface area contributed by atoms with Crippen molar-refractivity contribution >= 4 is 39.2 Å². The van der Waals surface area contributed by atoms with E-state index in [1.807, 2.05) is 37.3 Å². The van der Waals surface area contributed by atoms with Crippen LogP contribution in [0.1, 0.15) is 55.5 Å². The molecule has 2 N–H and O–H groups in total. The number of halogens is 4. The van der Waals surface area contributed by atoms with Gasteiger partial charge in [-0.1, -0.05) is 60.9 Å². The number of nitrogens with zero attached hydrogens (tertiary/aromatic N) is 1. The number of nitrogens with one attached hydrogen (secondary N) is 1. The topological polar surface area (TPSA) is 105 Å². The third-order valence-corrected chi connectivity index (χ3v) is 10.7. The Morgan fingerprint density at radius 2 is 1.79 bits per heavy atom. The first kappa shape index (κ1) is 32.5. The summed E-state index contributed by atoms with van der Waals surface area (Å²) in [6, 6.07) is 14.2. The van der Waals surface area contributed by atoms with Gasteiger partial charge < -0.3 is 15.3 Å². The Morgan fingerprint density at radius 3 is 2.44 bits per heavy atom. The fourth-order valence-electron chi connectivity index (χ4n) is 5.45. The van der Waals surface area contributed by atoms with Crippen LogP contribution in [0, 0.1) is 29.3 Å². The van der Waals surface area contributed by atoms with Crippen LogP contribution in [0.15, 0.2) is 70.7 Å². The average molecular weight is 637 g/mol. The molecule has 1 amide bonds. The van der Waals surface area contributed by atoms with Crippen molar-refractivity contribution in [2.75, 3.05) is 5.32 Å². The predicted octanol–water partition coefficient (Wildman–Crippen LogP) is 6.93. The Morgan fingerprint density at radius 1 is 1.12 bits per heavy atom. The number of carbonyl (C=O) groups excluding carboxylic acids is 1. The maximum Gasteiger partial charge on any atom is 0.255 e. The van der Waals surface area contributed by atoms with E-state index in [4.69, 9.17) is 16.4 Å². The normalized spacial score (nSPS) is 20.2. The van der Waals surface area contributed by atoms with E-state index in [9.17, 15) is 31.5 Å². The molecule has 230 valence electrons. The van der Waals surface area contributed by atoms with Crippen molar-refractivity contribution in [1.82, 2.24) is 0 Å². The van der Waals surface area contributed by atoms with Crippen molar-refractivity contribution in [2.45, 2.75) is 61.9 Å². The number of anilines is 1. The number of oxime groups is 1. The summed E-state index contributed by atoms with van der Waals surface area (Å²) < 4.78 is 68.6. The van der Waals surface area contributed by atoms with Crippen molar-refractivity contribution in [3.8, 4) is 0 Å². The van der Waals surface area contributed by atoms with E-state index in [1.165, 1.54) is 18.3 Å². The summed E-state index contributed by atoms with van der Waals surface area (Å²) >= 11 is 6.34. The summed E-state index contributed by atoms with van der Waals surface area (Å²) in [4.78, 5) is 17.9. The van der Waals surface area contributed by atoms with E-state index < -0.39 is 50.0 Å². The summed E-state index contributed by atoms with van der Waals surface area (Å²) in [5.41, 5.74) is -1.01. The number of hydrogen-bond acceptors (Lipinski definition) is 6. The fraction of sp³-hybridized carbons (Fsp3) is 0.355. The molecule has 43 heavy (non-hydrogen) atoms. The van der Waals surface area contributed by atoms with Crippen molar-refractivity contribution in [2.24, 2.45) is 17.0 Å². The molecule has 1 saturated carbocycles. The van der Waals surface area contributed by atoms with Crippen LogP contribution in [0.5, 0.6) is 0 Å². The molecular formula is C31H32ClF3N2O5S. The zero-order valence-electron chi connectivity index (χ0n) is 23.6. The van der Waals surface area contributed by atoms with Gasteiger partial charge in [0, 0.05) is 23.4 Å². The zero-order chi connectivity index (χ0) is 31.4. The van der Waals surface area contributed by atoms with E-state index in [0.717, 1.165) is 11.6 Å². The molecule has 7 nitrogen and oxygen atoms in total. The Hall–Kier alpha value is -3.41. The van der Waals surface area contributed by atoms with E-state index in [2.05, 4.69) is 10.5 Å². The molecule has 0 aromatic heterocycles. The summed E-state index contributed by atoms with van der Waals surface area (Å²) in [5, 5.41) is 16.5. The van der Waals surface area contributed by atoms with Gasteiger partial charge in [0.25, 0.3) is 5.91 Å². The second-order valence-corrected chi connectivity index (χ2v) is 13.3. The summed E-state index contributed by atoms with van der Waals surface area (Å²) in [7, 11) is -4.13. The Kier molecular flexibility index (Phi) is 10.2. The highest BCUT2D eigenvalue weighted by atomic mass is 35.5. The second kappa shape index (κ2) is 13.5. The molecule has 0 bridgehead atoms.